The van der Waals surface area contributed by atoms with Crippen molar-refractivity contribution in [2.75, 3.05) is 31.6 Å². The maximum Gasteiger partial charge on any atom is 0.318 e. The van der Waals surface area contributed by atoms with Gasteiger partial charge < -0.3 is 15.0 Å². The maximum atomic E-state index is 13.2. The Labute approximate surface area is 165 Å². The summed E-state index contributed by atoms with van der Waals surface area (Å²) in [6.45, 7) is 6.89. The molecule has 1 N–H and O–H groups in total. The van der Waals surface area contributed by atoms with E-state index in [2.05, 4.69) is 27.1 Å². The molecule has 28 heavy (non-hydrogen) atoms. The fourth-order valence-corrected chi connectivity index (χ4v) is 5.41. The van der Waals surface area contributed by atoms with Gasteiger partial charge >= 0.3 is 6.01 Å². The molecule has 1 fully saturated rings. The molecule has 3 heterocycles. The molecular weight excluding hydrogens is 378 g/mol. The van der Waals surface area contributed by atoms with Crippen molar-refractivity contribution in [3.63, 3.8) is 0 Å². The van der Waals surface area contributed by atoms with Crippen molar-refractivity contribution in [1.29, 1.82) is 0 Å². The molecule has 2 aliphatic rings. The number of nitrogens with one attached hydrogen (secondary N) is 1. The molecule has 0 aliphatic carbocycles. The van der Waals surface area contributed by atoms with E-state index in [1.807, 2.05) is 19.1 Å². The quantitative estimate of drug-likeness (QED) is 0.823. The maximum absolute atomic E-state index is 13.2. The molecule has 1 saturated heterocycles. The van der Waals surface area contributed by atoms with Gasteiger partial charge in [-0.25, -0.2) is 8.42 Å². The van der Waals surface area contributed by atoms with Gasteiger partial charge in [0.25, 0.3) is 0 Å². The zero-order chi connectivity index (χ0) is 19.9. The lowest BCUT2D eigenvalue weighted by Gasteiger charge is -2.33. The van der Waals surface area contributed by atoms with Crippen LogP contribution in [-0.2, 0) is 23.1 Å². The zero-order valence-corrected chi connectivity index (χ0v) is 17.2. The molecule has 4 rings (SSSR count). The number of aryl methyl sites for hydroxylation is 1. The van der Waals surface area contributed by atoms with E-state index in [1.54, 1.807) is 12.1 Å². The number of anilines is 1. The number of piperazine rings is 1. The van der Waals surface area contributed by atoms with Crippen LogP contribution in [0.4, 0.5) is 5.82 Å². The average Bonchev–Trinajstić information content (AvgIpc) is 3.12. The van der Waals surface area contributed by atoms with Crippen molar-refractivity contribution in [3.8, 4) is 6.01 Å². The highest BCUT2D eigenvalue weighted by molar-refractivity contribution is 7.89. The first-order chi connectivity index (χ1) is 13.4. The summed E-state index contributed by atoms with van der Waals surface area (Å²) in [5, 5.41) is 3.42. The molecule has 0 saturated carbocycles. The van der Waals surface area contributed by atoms with E-state index in [0.717, 1.165) is 36.6 Å². The topological polar surface area (TPSA) is 87.7 Å². The highest BCUT2D eigenvalue weighted by atomic mass is 32.2. The predicted molar refractivity (Wildman–Crippen MR) is 106 cm³/mol. The van der Waals surface area contributed by atoms with Gasteiger partial charge in [0.2, 0.25) is 10.0 Å². The molecule has 8 nitrogen and oxygen atoms in total. The largest absolute Gasteiger partial charge is 0.467 e. The molecule has 2 aromatic rings. The summed E-state index contributed by atoms with van der Waals surface area (Å²) < 4.78 is 33.2. The Kier molecular flexibility index (Phi) is 4.98. The van der Waals surface area contributed by atoms with Crippen molar-refractivity contribution in [3.05, 3.63) is 41.1 Å². The predicted octanol–water partition coefficient (Wildman–Crippen LogP) is 1.30. The summed E-state index contributed by atoms with van der Waals surface area (Å²) in [5.41, 5.74) is 2.32. The van der Waals surface area contributed by atoms with Crippen molar-refractivity contribution >= 4 is 15.8 Å². The second kappa shape index (κ2) is 7.31. The fourth-order valence-electron chi connectivity index (χ4n) is 3.82. The Balaban J connectivity index is 1.71. The van der Waals surface area contributed by atoms with E-state index in [1.165, 1.54) is 11.4 Å². The lowest BCUT2D eigenvalue weighted by Crippen LogP contribution is -2.49. The van der Waals surface area contributed by atoms with Gasteiger partial charge in [-0.3, -0.25) is 0 Å². The van der Waals surface area contributed by atoms with Crippen molar-refractivity contribution in [2.24, 2.45) is 0 Å². The fraction of sp³-hybridized carbons (Fsp3) is 0.474. The smallest absolute Gasteiger partial charge is 0.318 e. The standard InChI is InChI=1S/C19H25N5O3S/c1-13-6-4-5-7-17(13)28(25,26)24-11-15-16(12-24)21-19(27-3)22-18(15)23-9-8-20-14(2)10-23/h4-7,14,20H,8-12H2,1-3H3/t14-/m0/s1. The molecule has 150 valence electrons. The van der Waals surface area contributed by atoms with Gasteiger partial charge in [-0.1, -0.05) is 18.2 Å². The second-order valence-electron chi connectivity index (χ2n) is 7.30. The van der Waals surface area contributed by atoms with Crippen LogP contribution in [0.5, 0.6) is 6.01 Å². The van der Waals surface area contributed by atoms with E-state index >= 15 is 0 Å². The van der Waals surface area contributed by atoms with E-state index in [4.69, 9.17) is 4.74 Å². The van der Waals surface area contributed by atoms with Crippen molar-refractivity contribution < 1.29 is 13.2 Å². The van der Waals surface area contributed by atoms with Gasteiger partial charge in [0.05, 0.1) is 24.2 Å². The number of rotatable bonds is 4. The highest BCUT2D eigenvalue weighted by Gasteiger charge is 2.36. The third kappa shape index (κ3) is 3.34. The average molecular weight is 404 g/mol. The van der Waals surface area contributed by atoms with Crippen LogP contribution in [0, 0.1) is 6.92 Å². The highest BCUT2D eigenvalue weighted by Crippen LogP contribution is 2.35. The number of nitrogens with zero attached hydrogens (tertiary/aromatic N) is 4. The molecule has 0 spiro atoms. The van der Waals surface area contributed by atoms with Crippen LogP contribution < -0.4 is 15.0 Å². The first-order valence-corrected chi connectivity index (χ1v) is 10.8. The number of sulfonamides is 1. The Bertz CT molecular complexity index is 995. The second-order valence-corrected chi connectivity index (χ2v) is 9.21. The van der Waals surface area contributed by atoms with E-state index < -0.39 is 10.0 Å². The molecule has 2 aliphatic heterocycles. The molecular formula is C19H25N5O3S. The van der Waals surface area contributed by atoms with Gasteiger partial charge in [-0.05, 0) is 25.5 Å². The minimum atomic E-state index is -3.62. The summed E-state index contributed by atoms with van der Waals surface area (Å²) in [7, 11) is -2.09. The van der Waals surface area contributed by atoms with Crippen LogP contribution in [0.3, 0.4) is 0 Å². The summed E-state index contributed by atoms with van der Waals surface area (Å²) in [5.74, 6) is 0.776. The summed E-state index contributed by atoms with van der Waals surface area (Å²) in [6.07, 6.45) is 0. The van der Waals surface area contributed by atoms with Crippen LogP contribution in [-0.4, -0.2) is 55.5 Å². The van der Waals surface area contributed by atoms with E-state index in [0.29, 0.717) is 16.6 Å². The lowest BCUT2D eigenvalue weighted by atomic mass is 10.2. The van der Waals surface area contributed by atoms with Gasteiger partial charge in [0.15, 0.2) is 0 Å². The molecule has 1 atom stereocenters. The summed E-state index contributed by atoms with van der Waals surface area (Å²) in [6, 6.07) is 7.66. The number of hydrogen-bond acceptors (Lipinski definition) is 7. The van der Waals surface area contributed by atoms with Crippen LogP contribution in [0.25, 0.3) is 0 Å². The van der Waals surface area contributed by atoms with Crippen LogP contribution >= 0.6 is 0 Å². The van der Waals surface area contributed by atoms with Gasteiger partial charge in [0.1, 0.15) is 5.82 Å². The van der Waals surface area contributed by atoms with Crippen LogP contribution in [0.1, 0.15) is 23.7 Å². The molecule has 1 aromatic heterocycles. The number of aromatic nitrogens is 2. The summed E-state index contributed by atoms with van der Waals surface area (Å²) >= 11 is 0. The van der Waals surface area contributed by atoms with Gasteiger partial charge in [0, 0.05) is 37.8 Å². The number of methoxy groups -OCH3 is 1. The number of fused-ring (bicyclic) bond motifs is 1. The molecule has 1 aromatic carbocycles. The Hall–Kier alpha value is -2.23. The minimum absolute atomic E-state index is 0.222. The zero-order valence-electron chi connectivity index (χ0n) is 16.3. The Morgan fingerprint density at radius 3 is 2.71 bits per heavy atom. The molecule has 0 bridgehead atoms. The van der Waals surface area contributed by atoms with Crippen molar-refractivity contribution in [1.82, 2.24) is 19.6 Å². The third-order valence-electron chi connectivity index (χ3n) is 5.27. The molecule has 0 unspecified atom stereocenters. The van der Waals surface area contributed by atoms with Crippen LogP contribution in [0.15, 0.2) is 29.2 Å². The lowest BCUT2D eigenvalue weighted by molar-refractivity contribution is 0.376. The van der Waals surface area contributed by atoms with Gasteiger partial charge in [-0.15, -0.1) is 0 Å². The number of ether oxygens (including phenoxy) is 1. The summed E-state index contributed by atoms with van der Waals surface area (Å²) in [4.78, 5) is 11.5. The monoisotopic (exact) mass is 403 g/mol. The number of benzene rings is 1. The van der Waals surface area contributed by atoms with Gasteiger partial charge in [-0.2, -0.15) is 14.3 Å². The SMILES string of the molecule is COc1nc2c(c(N3CCN[C@@H](C)C3)n1)CN(S(=O)(=O)c1ccccc1C)C2. The number of hydrogen-bond donors (Lipinski definition) is 1. The molecule has 0 amide bonds. The van der Waals surface area contributed by atoms with E-state index in [9.17, 15) is 8.42 Å². The first kappa shape index (κ1) is 19.1. The molecule has 9 heteroatoms. The van der Waals surface area contributed by atoms with Crippen LogP contribution in [0.2, 0.25) is 0 Å². The Morgan fingerprint density at radius 2 is 2.00 bits per heavy atom. The normalized spacial score (nSPS) is 20.2. The minimum Gasteiger partial charge on any atom is -0.467 e. The first-order valence-electron chi connectivity index (χ1n) is 9.38. The van der Waals surface area contributed by atoms with Crippen molar-refractivity contribution in [2.45, 2.75) is 37.9 Å². The third-order valence-corrected chi connectivity index (χ3v) is 7.23. The Morgan fingerprint density at radius 1 is 1.21 bits per heavy atom. The molecule has 0 radical (unpaired) electrons. The van der Waals surface area contributed by atoms with E-state index in [-0.39, 0.29) is 19.1 Å².